The Bertz CT molecular complexity index is 1330. The molecule has 1 atom stereocenters. The third-order valence-corrected chi connectivity index (χ3v) is 5.66. The van der Waals surface area contributed by atoms with Crippen LogP contribution in [0.1, 0.15) is 33.5 Å². The van der Waals surface area contributed by atoms with Crippen molar-refractivity contribution in [1.29, 1.82) is 0 Å². The molecule has 0 spiro atoms. The fourth-order valence-electron chi connectivity index (χ4n) is 3.78. The predicted octanol–water partition coefficient (Wildman–Crippen LogP) is 4.01. The van der Waals surface area contributed by atoms with Gasteiger partial charge in [0, 0.05) is 11.8 Å². The zero-order valence-corrected chi connectivity index (χ0v) is 20.5. The molecule has 0 aliphatic rings. The third-order valence-electron chi connectivity index (χ3n) is 5.66. The number of nitrogens with zero attached hydrogens (tertiary/aromatic N) is 1. The van der Waals surface area contributed by atoms with Gasteiger partial charge in [-0.2, -0.15) is 0 Å². The maximum absolute atomic E-state index is 13.7. The number of nitrogens with one attached hydrogen (secondary N) is 2. The molecule has 0 unspecified atom stereocenters. The van der Waals surface area contributed by atoms with Gasteiger partial charge in [-0.05, 0) is 48.9 Å². The highest BCUT2D eigenvalue weighted by Gasteiger charge is 2.33. The fraction of sp³-hybridized carbons (Fsp3) is 0.179. The predicted molar refractivity (Wildman–Crippen MR) is 136 cm³/mol. The lowest BCUT2D eigenvalue weighted by molar-refractivity contribution is -0.126. The summed E-state index contributed by atoms with van der Waals surface area (Å²) in [5.41, 5.74) is 2.02. The van der Waals surface area contributed by atoms with Gasteiger partial charge < -0.3 is 24.2 Å². The van der Waals surface area contributed by atoms with Gasteiger partial charge in [-0.3, -0.25) is 19.3 Å². The van der Waals surface area contributed by atoms with Crippen LogP contribution >= 0.6 is 0 Å². The monoisotopic (exact) mass is 501 g/mol. The molecule has 4 rings (SSSR count). The fourth-order valence-corrected chi connectivity index (χ4v) is 3.78. The van der Waals surface area contributed by atoms with E-state index in [9.17, 15) is 14.4 Å². The lowest BCUT2D eigenvalue weighted by atomic mass is 10.0. The minimum atomic E-state index is -1.05. The summed E-state index contributed by atoms with van der Waals surface area (Å²) in [5.74, 6) is -0.319. The van der Waals surface area contributed by atoms with Gasteiger partial charge in [-0.1, -0.05) is 35.9 Å². The van der Waals surface area contributed by atoms with Crippen molar-refractivity contribution in [2.24, 2.45) is 0 Å². The molecule has 3 amide bonds. The van der Waals surface area contributed by atoms with E-state index in [4.69, 9.17) is 13.6 Å². The average molecular weight is 502 g/mol. The van der Waals surface area contributed by atoms with Crippen molar-refractivity contribution in [3.63, 3.8) is 0 Å². The Kier molecular flexibility index (Phi) is 8.05. The highest BCUT2D eigenvalue weighted by Crippen LogP contribution is 2.31. The molecule has 4 aromatic rings. The quantitative estimate of drug-likeness (QED) is 0.339. The molecular weight excluding hydrogens is 474 g/mol. The molecule has 190 valence electrons. The highest BCUT2D eigenvalue weighted by atomic mass is 16.5. The summed E-state index contributed by atoms with van der Waals surface area (Å²) in [6.07, 6.45) is 2.89. The molecule has 9 nitrogen and oxygen atoms in total. The second-order valence-electron chi connectivity index (χ2n) is 8.24. The van der Waals surface area contributed by atoms with E-state index in [1.165, 1.54) is 30.6 Å². The number of aryl methyl sites for hydroxylation is 1. The molecule has 2 aromatic heterocycles. The number of furan rings is 2. The summed E-state index contributed by atoms with van der Waals surface area (Å²) >= 11 is 0. The van der Waals surface area contributed by atoms with E-state index in [0.717, 1.165) is 5.56 Å². The summed E-state index contributed by atoms with van der Waals surface area (Å²) in [7, 11) is 1.52. The van der Waals surface area contributed by atoms with Crippen molar-refractivity contribution in [1.82, 2.24) is 10.6 Å². The number of methoxy groups -OCH3 is 1. The minimum Gasteiger partial charge on any atom is -0.497 e. The van der Waals surface area contributed by atoms with Gasteiger partial charge in [-0.15, -0.1) is 0 Å². The zero-order valence-electron chi connectivity index (χ0n) is 20.5. The molecular formula is C28H27N3O6. The first kappa shape index (κ1) is 25.3. The first-order chi connectivity index (χ1) is 18.0. The molecule has 0 radical (unpaired) electrons. The topological polar surface area (TPSA) is 114 Å². The van der Waals surface area contributed by atoms with Crippen molar-refractivity contribution >= 4 is 23.4 Å². The number of carbonyl (C=O) groups excluding carboxylic acids is 3. The lowest BCUT2D eigenvalue weighted by Gasteiger charge is -2.32. The first-order valence-corrected chi connectivity index (χ1v) is 11.6. The first-order valence-electron chi connectivity index (χ1n) is 11.6. The van der Waals surface area contributed by atoms with Crippen molar-refractivity contribution in [3.05, 3.63) is 108 Å². The van der Waals surface area contributed by atoms with Gasteiger partial charge in [0.15, 0.2) is 5.76 Å². The number of hydrogen-bond acceptors (Lipinski definition) is 6. The second kappa shape index (κ2) is 11.8. The van der Waals surface area contributed by atoms with E-state index in [2.05, 4.69) is 10.6 Å². The van der Waals surface area contributed by atoms with Crippen LogP contribution in [0.25, 0.3) is 0 Å². The van der Waals surface area contributed by atoms with Crippen LogP contribution in [0.5, 0.6) is 5.75 Å². The molecule has 9 heteroatoms. The Balaban J connectivity index is 1.69. The SMILES string of the molecule is COc1cccc(N(C(=O)CNC(=O)c2ccco2)[C@H](C(=O)NCc2ccco2)c2ccc(C)cc2)c1. The molecule has 0 saturated carbocycles. The van der Waals surface area contributed by atoms with Crippen LogP contribution in [0, 0.1) is 6.92 Å². The number of anilines is 1. The Hall–Kier alpha value is -4.79. The van der Waals surface area contributed by atoms with E-state index >= 15 is 0 Å². The van der Waals surface area contributed by atoms with Gasteiger partial charge in [0.1, 0.15) is 17.6 Å². The van der Waals surface area contributed by atoms with Gasteiger partial charge in [-0.25, -0.2) is 0 Å². The molecule has 37 heavy (non-hydrogen) atoms. The van der Waals surface area contributed by atoms with E-state index in [1.54, 1.807) is 54.6 Å². The molecule has 0 bridgehead atoms. The number of rotatable bonds is 10. The summed E-state index contributed by atoms with van der Waals surface area (Å²) in [4.78, 5) is 41.1. The molecule has 2 N–H and O–H groups in total. The van der Waals surface area contributed by atoms with Crippen molar-refractivity contribution in [3.8, 4) is 5.75 Å². The Morgan fingerprint density at radius 2 is 1.68 bits per heavy atom. The summed E-state index contributed by atoms with van der Waals surface area (Å²) in [6, 6.07) is 19.7. The van der Waals surface area contributed by atoms with Gasteiger partial charge >= 0.3 is 0 Å². The molecule has 2 aromatic carbocycles. The van der Waals surface area contributed by atoms with Crippen LogP contribution in [0.2, 0.25) is 0 Å². The number of hydrogen-bond donors (Lipinski definition) is 2. The minimum absolute atomic E-state index is 0.0759. The molecule has 0 saturated heterocycles. The van der Waals surface area contributed by atoms with Crippen LogP contribution in [0.3, 0.4) is 0 Å². The number of ether oxygens (including phenoxy) is 1. The normalized spacial score (nSPS) is 11.4. The van der Waals surface area contributed by atoms with Crippen molar-refractivity contribution in [2.75, 3.05) is 18.6 Å². The maximum Gasteiger partial charge on any atom is 0.287 e. The van der Waals surface area contributed by atoms with Crippen LogP contribution in [-0.4, -0.2) is 31.4 Å². The van der Waals surface area contributed by atoms with Gasteiger partial charge in [0.2, 0.25) is 11.8 Å². The third kappa shape index (κ3) is 6.26. The molecule has 2 heterocycles. The Morgan fingerprint density at radius 1 is 0.919 bits per heavy atom. The molecule has 0 aliphatic carbocycles. The Morgan fingerprint density at radius 3 is 2.35 bits per heavy atom. The van der Waals surface area contributed by atoms with E-state index in [-0.39, 0.29) is 18.8 Å². The molecule has 0 aliphatic heterocycles. The smallest absolute Gasteiger partial charge is 0.287 e. The van der Waals surface area contributed by atoms with Gasteiger partial charge in [0.25, 0.3) is 5.91 Å². The summed E-state index contributed by atoms with van der Waals surface area (Å²) in [5, 5.41) is 5.43. The number of benzene rings is 2. The van der Waals surface area contributed by atoms with Gasteiger partial charge in [0.05, 0.1) is 32.7 Å². The number of amides is 3. The second-order valence-corrected chi connectivity index (χ2v) is 8.24. The number of carbonyl (C=O) groups is 3. The van der Waals surface area contributed by atoms with E-state index < -0.39 is 23.8 Å². The lowest BCUT2D eigenvalue weighted by Crippen LogP contribution is -2.47. The van der Waals surface area contributed by atoms with Crippen LogP contribution in [0.4, 0.5) is 5.69 Å². The standard InChI is InChI=1S/C28H27N3O6/c1-19-10-12-20(13-11-19)26(28(34)29-17-23-8-4-14-36-23)31(21-6-3-7-22(16-21)35-2)25(32)18-30-27(33)24-9-5-15-37-24/h3-16,26H,17-18H2,1-2H3,(H,29,34)(H,30,33)/t26-/m0/s1. The van der Waals surface area contributed by atoms with Crippen molar-refractivity contribution < 1.29 is 28.0 Å². The summed E-state index contributed by atoms with van der Waals surface area (Å²) in [6.45, 7) is 1.71. The summed E-state index contributed by atoms with van der Waals surface area (Å²) < 4.78 is 15.8. The van der Waals surface area contributed by atoms with Crippen LogP contribution in [-0.2, 0) is 16.1 Å². The average Bonchev–Trinajstić information content (AvgIpc) is 3.64. The highest BCUT2D eigenvalue weighted by molar-refractivity contribution is 6.04. The molecule has 0 fully saturated rings. The van der Waals surface area contributed by atoms with E-state index in [0.29, 0.717) is 22.8 Å². The van der Waals surface area contributed by atoms with Crippen molar-refractivity contribution in [2.45, 2.75) is 19.5 Å². The maximum atomic E-state index is 13.7. The van der Waals surface area contributed by atoms with E-state index in [1.807, 2.05) is 19.1 Å². The Labute approximate surface area is 214 Å². The van der Waals surface area contributed by atoms with Crippen LogP contribution < -0.4 is 20.3 Å². The largest absolute Gasteiger partial charge is 0.497 e. The zero-order chi connectivity index (χ0) is 26.2. The van der Waals surface area contributed by atoms with Crippen LogP contribution in [0.15, 0.2) is 94.2 Å².